The number of alkyl halides is 3. The topological polar surface area (TPSA) is 53.4 Å². The van der Waals surface area contributed by atoms with Crippen LogP contribution in [0, 0.1) is 6.92 Å². The van der Waals surface area contributed by atoms with Crippen molar-refractivity contribution in [1.82, 2.24) is 9.29 Å². The third kappa shape index (κ3) is 6.18. The quantitative estimate of drug-likeness (QED) is 0.323. The zero-order valence-electron chi connectivity index (χ0n) is 19.3. The van der Waals surface area contributed by atoms with Gasteiger partial charge in [-0.3, -0.25) is 9.78 Å². The zero-order valence-corrected chi connectivity index (χ0v) is 20.1. The molecule has 1 aromatic heterocycles. The molecule has 0 aliphatic rings. The van der Waals surface area contributed by atoms with Gasteiger partial charge in [-0.15, -0.1) is 0 Å². The zero-order chi connectivity index (χ0) is 24.9. The molecule has 0 unspecified atom stereocenters. The van der Waals surface area contributed by atoms with Crippen LogP contribution in [0.15, 0.2) is 71.9 Å². The predicted octanol–water partition coefficient (Wildman–Crippen LogP) is 7.19. The van der Waals surface area contributed by atoms with Crippen LogP contribution in [0.3, 0.4) is 0 Å². The van der Waals surface area contributed by atoms with Crippen LogP contribution < -0.4 is 0 Å². The van der Waals surface area contributed by atoms with E-state index in [2.05, 4.69) is 4.98 Å². The third-order valence-corrected chi connectivity index (χ3v) is 7.09. The lowest BCUT2D eigenvalue weighted by Gasteiger charge is -2.38. The van der Waals surface area contributed by atoms with E-state index in [-0.39, 0.29) is 11.3 Å². The standard InChI is InChI=1S/C26H27F3N2O2S/c1-18-17-30-14-13-21(18)19-8-6-9-20(16-19)25(2,3)31(15-7-12-24(32)33)34-23-11-5-4-10-22(23)26(27,28)29/h4-6,8-11,13-14,16-17H,7,12,15H2,1-3H3,(H,32,33). The van der Waals surface area contributed by atoms with Crippen LogP contribution in [0.1, 0.15) is 43.4 Å². The number of carboxylic acids is 1. The molecular formula is C26H27F3N2O2S. The summed E-state index contributed by atoms with van der Waals surface area (Å²) in [6.07, 6.45) is -0.732. The number of pyridine rings is 1. The summed E-state index contributed by atoms with van der Waals surface area (Å²) in [6.45, 7) is 6.15. The van der Waals surface area contributed by atoms with Crippen LogP contribution in [0.4, 0.5) is 13.2 Å². The van der Waals surface area contributed by atoms with Gasteiger partial charge in [-0.2, -0.15) is 13.2 Å². The first-order valence-electron chi connectivity index (χ1n) is 10.9. The van der Waals surface area contributed by atoms with Gasteiger partial charge in [0.2, 0.25) is 0 Å². The average molecular weight is 489 g/mol. The van der Waals surface area contributed by atoms with Gasteiger partial charge in [-0.25, -0.2) is 4.31 Å². The first kappa shape index (κ1) is 25.8. The Morgan fingerprint density at radius 3 is 2.50 bits per heavy atom. The molecule has 0 saturated heterocycles. The van der Waals surface area contributed by atoms with Crippen molar-refractivity contribution in [2.75, 3.05) is 6.54 Å². The fourth-order valence-corrected chi connectivity index (χ4v) is 4.93. The third-order valence-electron chi connectivity index (χ3n) is 5.68. The van der Waals surface area contributed by atoms with E-state index in [9.17, 15) is 18.0 Å². The van der Waals surface area contributed by atoms with Crippen molar-refractivity contribution in [3.63, 3.8) is 0 Å². The van der Waals surface area contributed by atoms with Gasteiger partial charge < -0.3 is 5.11 Å². The monoisotopic (exact) mass is 488 g/mol. The Labute approximate surface area is 202 Å². The van der Waals surface area contributed by atoms with Gasteiger partial charge in [-0.1, -0.05) is 30.3 Å². The van der Waals surface area contributed by atoms with E-state index >= 15 is 0 Å². The molecular weight excluding hydrogens is 461 g/mol. The molecule has 0 aliphatic heterocycles. The smallest absolute Gasteiger partial charge is 0.417 e. The van der Waals surface area contributed by atoms with E-state index < -0.39 is 23.2 Å². The van der Waals surface area contributed by atoms with Crippen LogP contribution in [-0.4, -0.2) is 26.9 Å². The molecule has 2 aromatic carbocycles. The molecule has 0 atom stereocenters. The molecule has 0 bridgehead atoms. The number of rotatable bonds is 9. The first-order chi connectivity index (χ1) is 16.0. The molecule has 3 aromatic rings. The minimum Gasteiger partial charge on any atom is -0.481 e. The Morgan fingerprint density at radius 2 is 1.82 bits per heavy atom. The summed E-state index contributed by atoms with van der Waals surface area (Å²) in [6, 6.07) is 15.3. The van der Waals surface area contributed by atoms with Gasteiger partial charge in [0.15, 0.2) is 0 Å². The van der Waals surface area contributed by atoms with Crippen LogP contribution in [-0.2, 0) is 16.5 Å². The molecule has 0 amide bonds. The number of nitrogens with zero attached hydrogens (tertiary/aromatic N) is 2. The Bertz CT molecular complexity index is 1150. The van der Waals surface area contributed by atoms with Crippen molar-refractivity contribution in [1.29, 1.82) is 0 Å². The molecule has 1 heterocycles. The van der Waals surface area contributed by atoms with Crippen molar-refractivity contribution in [2.45, 2.75) is 50.2 Å². The maximum Gasteiger partial charge on any atom is 0.417 e. The second-order valence-corrected chi connectivity index (χ2v) is 9.58. The molecule has 0 spiro atoms. The minimum atomic E-state index is -4.49. The maximum absolute atomic E-state index is 13.6. The summed E-state index contributed by atoms with van der Waals surface area (Å²) in [5, 5.41) is 9.10. The molecule has 180 valence electrons. The SMILES string of the molecule is Cc1cnccc1-c1cccc(C(C)(C)N(CCCC(=O)O)Sc2ccccc2C(F)(F)F)c1. The molecule has 0 fully saturated rings. The van der Waals surface area contributed by atoms with Gasteiger partial charge in [0.25, 0.3) is 0 Å². The number of carboxylic acid groups (broad SMARTS) is 1. The number of hydrogen-bond acceptors (Lipinski definition) is 4. The molecule has 0 radical (unpaired) electrons. The normalized spacial score (nSPS) is 12.2. The largest absolute Gasteiger partial charge is 0.481 e. The van der Waals surface area contributed by atoms with Gasteiger partial charge in [-0.05, 0) is 85.7 Å². The Kier molecular flexibility index (Phi) is 8.05. The summed E-state index contributed by atoms with van der Waals surface area (Å²) in [4.78, 5) is 15.3. The highest BCUT2D eigenvalue weighted by atomic mass is 32.2. The summed E-state index contributed by atoms with van der Waals surface area (Å²) in [7, 11) is 0. The number of aromatic nitrogens is 1. The van der Waals surface area contributed by atoms with Gasteiger partial charge in [0.05, 0.1) is 11.1 Å². The Balaban J connectivity index is 2.00. The molecule has 8 heteroatoms. The second kappa shape index (κ2) is 10.6. The number of carbonyl (C=O) groups is 1. The Morgan fingerprint density at radius 1 is 1.09 bits per heavy atom. The fraction of sp³-hybridized carbons (Fsp3) is 0.308. The lowest BCUT2D eigenvalue weighted by atomic mass is 9.90. The Hall–Kier alpha value is -2.84. The molecule has 4 nitrogen and oxygen atoms in total. The number of aliphatic carboxylic acids is 1. The van der Waals surface area contributed by atoms with E-state index in [1.165, 1.54) is 12.1 Å². The summed E-state index contributed by atoms with van der Waals surface area (Å²) >= 11 is 1.01. The van der Waals surface area contributed by atoms with Gasteiger partial charge in [0, 0.05) is 30.3 Å². The minimum absolute atomic E-state index is 0.0652. The lowest BCUT2D eigenvalue weighted by Crippen LogP contribution is -2.37. The molecule has 34 heavy (non-hydrogen) atoms. The molecule has 0 saturated carbocycles. The maximum atomic E-state index is 13.6. The summed E-state index contributed by atoms with van der Waals surface area (Å²) < 4.78 is 42.8. The highest BCUT2D eigenvalue weighted by Gasteiger charge is 2.36. The van der Waals surface area contributed by atoms with Crippen molar-refractivity contribution >= 4 is 17.9 Å². The average Bonchev–Trinajstić information content (AvgIpc) is 2.78. The number of benzene rings is 2. The first-order valence-corrected chi connectivity index (χ1v) is 11.6. The molecule has 0 aliphatic carbocycles. The van der Waals surface area contributed by atoms with Crippen molar-refractivity contribution < 1.29 is 23.1 Å². The van der Waals surface area contributed by atoms with Gasteiger partial charge >= 0.3 is 12.1 Å². The summed E-state index contributed by atoms with van der Waals surface area (Å²) in [5.74, 6) is -0.936. The predicted molar refractivity (Wildman–Crippen MR) is 128 cm³/mol. The lowest BCUT2D eigenvalue weighted by molar-refractivity contribution is -0.140. The number of halogens is 3. The molecule has 1 N–H and O–H groups in total. The van der Waals surface area contributed by atoms with Crippen molar-refractivity contribution in [2.24, 2.45) is 0 Å². The molecule has 3 rings (SSSR count). The van der Waals surface area contributed by atoms with E-state index in [1.807, 2.05) is 55.4 Å². The van der Waals surface area contributed by atoms with Crippen molar-refractivity contribution in [3.05, 3.63) is 83.7 Å². The van der Waals surface area contributed by atoms with Crippen molar-refractivity contribution in [3.8, 4) is 11.1 Å². The number of aryl methyl sites for hydroxylation is 1. The van der Waals surface area contributed by atoms with Gasteiger partial charge in [0.1, 0.15) is 0 Å². The summed E-state index contributed by atoms with van der Waals surface area (Å²) in [5.41, 5.74) is 2.54. The van der Waals surface area contributed by atoms with Crippen LogP contribution in [0.2, 0.25) is 0 Å². The second-order valence-electron chi connectivity index (χ2n) is 8.52. The van der Waals surface area contributed by atoms with E-state index in [4.69, 9.17) is 5.11 Å². The van der Waals surface area contributed by atoms with E-state index in [1.54, 1.807) is 18.5 Å². The fourth-order valence-electron chi connectivity index (χ4n) is 3.72. The van der Waals surface area contributed by atoms with Crippen LogP contribution >= 0.6 is 11.9 Å². The highest BCUT2D eigenvalue weighted by Crippen LogP contribution is 2.43. The van der Waals surface area contributed by atoms with E-state index in [0.29, 0.717) is 13.0 Å². The van der Waals surface area contributed by atoms with Crippen LogP contribution in [0.25, 0.3) is 11.1 Å². The van der Waals surface area contributed by atoms with E-state index in [0.717, 1.165) is 40.3 Å². The number of hydrogen-bond donors (Lipinski definition) is 1. The highest BCUT2D eigenvalue weighted by molar-refractivity contribution is 7.97. The van der Waals surface area contributed by atoms with Crippen LogP contribution in [0.5, 0.6) is 0 Å².